The molecule has 0 spiro atoms. The first kappa shape index (κ1) is 12.6. The molecule has 0 heterocycles. The van der Waals surface area contributed by atoms with Crippen LogP contribution in [0.1, 0.15) is 12.0 Å². The normalized spacial score (nSPS) is 13.4. The molecular formula is C10H11FO4S. The lowest BCUT2D eigenvalue weighted by Crippen LogP contribution is -2.20. The maximum Gasteiger partial charge on any atom is 0.307 e. The molecule has 0 aliphatic rings. The Bertz CT molecular complexity index is 478. The van der Waals surface area contributed by atoms with Gasteiger partial charge in [0.1, 0.15) is 0 Å². The lowest BCUT2D eigenvalue weighted by atomic mass is 10.2. The number of alkyl halides is 1. The summed E-state index contributed by atoms with van der Waals surface area (Å²) in [6.07, 6.45) is -1.05. The summed E-state index contributed by atoms with van der Waals surface area (Å²) in [4.78, 5) is 10.0. The Hall–Kier alpha value is -1.43. The third kappa shape index (κ3) is 2.79. The van der Waals surface area contributed by atoms with E-state index in [-0.39, 0.29) is 4.90 Å². The number of hydrogen-bond acceptors (Lipinski definition) is 3. The van der Waals surface area contributed by atoms with Gasteiger partial charge in [-0.25, -0.2) is 12.8 Å². The van der Waals surface area contributed by atoms with E-state index in [1.807, 2.05) is 0 Å². The topological polar surface area (TPSA) is 71.4 Å². The smallest absolute Gasteiger partial charge is 0.307 e. The van der Waals surface area contributed by atoms with Crippen molar-refractivity contribution in [3.63, 3.8) is 0 Å². The van der Waals surface area contributed by atoms with Crippen molar-refractivity contribution in [1.82, 2.24) is 0 Å². The highest BCUT2D eigenvalue weighted by Gasteiger charge is 2.29. The summed E-state index contributed by atoms with van der Waals surface area (Å²) < 4.78 is 36.3. The van der Waals surface area contributed by atoms with Gasteiger partial charge in [-0.2, -0.15) is 0 Å². The van der Waals surface area contributed by atoms with E-state index in [9.17, 15) is 17.6 Å². The summed E-state index contributed by atoms with van der Waals surface area (Å²) >= 11 is 0. The number of aryl methyl sites for hydroxylation is 1. The first-order valence-electron chi connectivity index (χ1n) is 4.50. The van der Waals surface area contributed by atoms with Gasteiger partial charge in [0.05, 0.1) is 11.3 Å². The van der Waals surface area contributed by atoms with Crippen LogP contribution in [0.2, 0.25) is 0 Å². The Morgan fingerprint density at radius 3 is 2.31 bits per heavy atom. The predicted molar refractivity (Wildman–Crippen MR) is 55.5 cm³/mol. The molecule has 0 aliphatic carbocycles. The van der Waals surface area contributed by atoms with E-state index in [1.54, 1.807) is 6.92 Å². The quantitative estimate of drug-likeness (QED) is 0.874. The van der Waals surface area contributed by atoms with Crippen molar-refractivity contribution in [2.45, 2.75) is 23.7 Å². The number of rotatable bonds is 4. The van der Waals surface area contributed by atoms with Crippen molar-refractivity contribution in [3.05, 3.63) is 29.8 Å². The molecule has 1 atom stereocenters. The SMILES string of the molecule is Cc1ccc(S(=O)(=O)C(F)CC(=O)O)cc1. The average Bonchev–Trinajstić information content (AvgIpc) is 2.17. The second kappa shape index (κ2) is 4.61. The highest BCUT2D eigenvalue weighted by Crippen LogP contribution is 2.19. The molecule has 0 saturated heterocycles. The molecular weight excluding hydrogens is 235 g/mol. The number of carboxylic acid groups (broad SMARTS) is 1. The Labute approximate surface area is 92.6 Å². The van der Waals surface area contributed by atoms with E-state index >= 15 is 0 Å². The summed E-state index contributed by atoms with van der Waals surface area (Å²) in [6.45, 7) is 1.76. The average molecular weight is 246 g/mol. The van der Waals surface area contributed by atoms with E-state index in [0.717, 1.165) is 5.56 Å². The Balaban J connectivity index is 3.02. The highest BCUT2D eigenvalue weighted by molar-refractivity contribution is 7.92. The van der Waals surface area contributed by atoms with Crippen molar-refractivity contribution in [3.8, 4) is 0 Å². The molecule has 0 radical (unpaired) electrons. The van der Waals surface area contributed by atoms with Crippen LogP contribution in [0.25, 0.3) is 0 Å². The molecule has 0 fully saturated rings. The fourth-order valence-electron chi connectivity index (χ4n) is 1.12. The van der Waals surface area contributed by atoms with Gasteiger partial charge < -0.3 is 5.11 Å². The summed E-state index contributed by atoms with van der Waals surface area (Å²) in [7, 11) is -4.20. The molecule has 4 nitrogen and oxygen atoms in total. The standard InChI is InChI=1S/C10H11FO4S/c1-7-2-4-8(5-3-7)16(14,15)9(11)6-10(12)13/h2-5,9H,6H2,1H3,(H,12,13). The van der Waals surface area contributed by atoms with Crippen molar-refractivity contribution in [2.75, 3.05) is 0 Å². The van der Waals surface area contributed by atoms with Crippen LogP contribution in [-0.2, 0) is 14.6 Å². The Morgan fingerprint density at radius 2 is 1.88 bits per heavy atom. The number of carboxylic acids is 1. The summed E-state index contributed by atoms with van der Waals surface area (Å²) in [6, 6.07) is 5.58. The van der Waals surface area contributed by atoms with Crippen LogP contribution in [0.3, 0.4) is 0 Å². The lowest BCUT2D eigenvalue weighted by molar-refractivity contribution is -0.137. The zero-order valence-corrected chi connectivity index (χ0v) is 9.37. The maximum atomic E-state index is 13.2. The van der Waals surface area contributed by atoms with Crippen LogP contribution in [0, 0.1) is 6.92 Å². The molecule has 0 aliphatic heterocycles. The zero-order valence-electron chi connectivity index (χ0n) is 8.55. The third-order valence-electron chi connectivity index (χ3n) is 2.02. The first-order chi connectivity index (χ1) is 7.34. The van der Waals surface area contributed by atoms with Gasteiger partial charge in [0.25, 0.3) is 0 Å². The van der Waals surface area contributed by atoms with E-state index in [0.29, 0.717) is 0 Å². The fraction of sp³-hybridized carbons (Fsp3) is 0.300. The number of aliphatic carboxylic acids is 1. The first-order valence-corrected chi connectivity index (χ1v) is 6.05. The molecule has 1 aromatic carbocycles. The van der Waals surface area contributed by atoms with Crippen molar-refractivity contribution >= 4 is 15.8 Å². The van der Waals surface area contributed by atoms with E-state index < -0.39 is 27.7 Å². The Kier molecular flexibility index (Phi) is 3.64. The molecule has 0 saturated carbocycles. The molecule has 0 amide bonds. The third-order valence-corrected chi connectivity index (χ3v) is 3.79. The molecule has 6 heteroatoms. The molecule has 1 unspecified atom stereocenters. The van der Waals surface area contributed by atoms with Crippen molar-refractivity contribution < 1.29 is 22.7 Å². The van der Waals surface area contributed by atoms with Crippen LogP contribution in [0.4, 0.5) is 4.39 Å². The van der Waals surface area contributed by atoms with E-state index in [2.05, 4.69) is 0 Å². The molecule has 1 rings (SSSR count). The van der Waals surface area contributed by atoms with Gasteiger partial charge >= 0.3 is 5.97 Å². The van der Waals surface area contributed by atoms with Crippen molar-refractivity contribution in [2.24, 2.45) is 0 Å². The van der Waals surface area contributed by atoms with Crippen LogP contribution >= 0.6 is 0 Å². The zero-order chi connectivity index (χ0) is 12.3. The minimum Gasteiger partial charge on any atom is -0.481 e. The van der Waals surface area contributed by atoms with Gasteiger partial charge in [0.2, 0.25) is 15.3 Å². The number of carbonyl (C=O) groups is 1. The van der Waals surface area contributed by atoms with Crippen LogP contribution < -0.4 is 0 Å². The van der Waals surface area contributed by atoms with Crippen molar-refractivity contribution in [1.29, 1.82) is 0 Å². The molecule has 0 bridgehead atoms. The number of sulfone groups is 1. The number of hydrogen-bond donors (Lipinski definition) is 1. The van der Waals surface area contributed by atoms with Gasteiger partial charge in [-0.15, -0.1) is 0 Å². The molecule has 0 aromatic heterocycles. The van der Waals surface area contributed by atoms with Gasteiger partial charge in [0, 0.05) is 0 Å². The van der Waals surface area contributed by atoms with E-state index in [4.69, 9.17) is 5.11 Å². The summed E-state index contributed by atoms with van der Waals surface area (Å²) in [5, 5.41) is 8.33. The van der Waals surface area contributed by atoms with Crippen LogP contribution in [0.15, 0.2) is 29.2 Å². The highest BCUT2D eigenvalue weighted by atomic mass is 32.2. The molecule has 88 valence electrons. The lowest BCUT2D eigenvalue weighted by Gasteiger charge is -2.07. The number of halogens is 1. The second-order valence-electron chi connectivity index (χ2n) is 3.37. The molecule has 1 N–H and O–H groups in total. The summed E-state index contributed by atoms with van der Waals surface area (Å²) in [5.41, 5.74) is -1.57. The van der Waals surface area contributed by atoms with Gasteiger partial charge in [-0.05, 0) is 19.1 Å². The largest absolute Gasteiger partial charge is 0.481 e. The Morgan fingerprint density at radius 1 is 1.38 bits per heavy atom. The summed E-state index contributed by atoms with van der Waals surface area (Å²) in [5.74, 6) is -1.48. The van der Waals surface area contributed by atoms with E-state index in [1.165, 1.54) is 24.3 Å². The van der Waals surface area contributed by atoms with Gasteiger partial charge in [-0.1, -0.05) is 17.7 Å². The van der Waals surface area contributed by atoms with Crippen LogP contribution in [-0.4, -0.2) is 25.0 Å². The monoisotopic (exact) mass is 246 g/mol. The second-order valence-corrected chi connectivity index (χ2v) is 5.44. The molecule has 1 aromatic rings. The predicted octanol–water partition coefficient (Wildman–Crippen LogP) is 1.54. The minimum atomic E-state index is -4.20. The van der Waals surface area contributed by atoms with Gasteiger partial charge in [-0.3, -0.25) is 4.79 Å². The van der Waals surface area contributed by atoms with Crippen LogP contribution in [0.5, 0.6) is 0 Å². The molecule has 16 heavy (non-hydrogen) atoms. The van der Waals surface area contributed by atoms with Gasteiger partial charge in [0.15, 0.2) is 0 Å². The number of benzene rings is 1. The maximum absolute atomic E-state index is 13.2. The minimum absolute atomic E-state index is 0.202. The fourth-order valence-corrected chi connectivity index (χ4v) is 2.30.